The van der Waals surface area contributed by atoms with Gasteiger partial charge in [-0.15, -0.1) is 0 Å². The Hall–Kier alpha value is -12.0. The summed E-state index contributed by atoms with van der Waals surface area (Å²) in [7, 11) is 0. The zero-order valence-corrected chi connectivity index (χ0v) is 45.3. The van der Waals surface area contributed by atoms with Gasteiger partial charge in [0.05, 0.1) is 11.4 Å². The molecule has 1 aliphatic heterocycles. The highest BCUT2D eigenvalue weighted by atomic mass is 15.2. The van der Waals surface area contributed by atoms with Crippen LogP contribution in [0.15, 0.2) is 274 Å². The van der Waals surface area contributed by atoms with Crippen molar-refractivity contribution in [3.05, 3.63) is 274 Å². The molecule has 8 aromatic carbocycles. The van der Waals surface area contributed by atoms with Gasteiger partial charge in [0.15, 0.2) is 22.6 Å². The van der Waals surface area contributed by atoms with E-state index in [2.05, 4.69) is 199 Å². The fourth-order valence-corrected chi connectivity index (χ4v) is 12.3. The lowest BCUT2D eigenvalue weighted by Gasteiger charge is -2.30. The third kappa shape index (κ3) is 7.64. The van der Waals surface area contributed by atoms with Gasteiger partial charge in [-0.05, 0) is 145 Å². The van der Waals surface area contributed by atoms with Crippen LogP contribution in [-0.4, -0.2) is 58.1 Å². The molecule has 13 nitrogen and oxygen atoms in total. The van der Waals surface area contributed by atoms with Crippen LogP contribution in [0.3, 0.4) is 0 Å². The summed E-state index contributed by atoms with van der Waals surface area (Å²) >= 11 is 0. The Morgan fingerprint density at radius 2 is 0.588 bits per heavy atom. The molecule has 0 radical (unpaired) electrons. The summed E-state index contributed by atoms with van der Waals surface area (Å²) in [4.78, 5) is 44.7. The number of nitrogens with zero attached hydrogens (tertiary/aromatic N) is 13. The smallest absolute Gasteiger partial charge is 0.164 e. The molecule has 0 N–H and O–H groups in total. The minimum absolute atomic E-state index is 0.686. The predicted molar refractivity (Wildman–Crippen MR) is 337 cm³/mol. The van der Waals surface area contributed by atoms with Crippen LogP contribution >= 0.6 is 0 Å². The summed E-state index contributed by atoms with van der Waals surface area (Å²) < 4.78 is 8.68. The summed E-state index contributed by atoms with van der Waals surface area (Å²) in [5.41, 5.74) is 19.6. The Morgan fingerprint density at radius 1 is 0.235 bits per heavy atom. The summed E-state index contributed by atoms with van der Waals surface area (Å²) in [6.45, 7) is 0. The molecule has 0 saturated heterocycles. The van der Waals surface area contributed by atoms with Crippen molar-refractivity contribution in [2.75, 3.05) is 4.90 Å². The SMILES string of the molecule is c1ccc(N2c3cc(-c4nc5cccnc5n4-c4ccccc4)c(-c4nc5cccnc5n4-c4ccccc4)cc3-c3ccccc3-c3c(-c4nc5cccnc5n4-c4ccccc4)cc(-c4nc5cccnc5n4-c4ccccc4)cc32)cc1. The molecule has 0 bridgehead atoms. The molecule has 17 rings (SSSR count). The number of para-hydroxylation sites is 5. The molecule has 0 amide bonds. The van der Waals surface area contributed by atoms with Crippen LogP contribution in [0.5, 0.6) is 0 Å². The van der Waals surface area contributed by atoms with Gasteiger partial charge in [0.2, 0.25) is 0 Å². The average molecular weight is 1090 g/mol. The van der Waals surface area contributed by atoms with Gasteiger partial charge in [0.25, 0.3) is 0 Å². The zero-order chi connectivity index (χ0) is 56.0. The number of rotatable bonds is 9. The van der Waals surface area contributed by atoms with Gasteiger partial charge in [-0.3, -0.25) is 18.3 Å². The number of benzene rings is 8. The van der Waals surface area contributed by atoms with Crippen molar-refractivity contribution in [2.24, 2.45) is 0 Å². The van der Waals surface area contributed by atoms with E-state index in [1.807, 2.05) is 97.6 Å². The highest BCUT2D eigenvalue weighted by Crippen LogP contribution is 2.57. The third-order valence-electron chi connectivity index (χ3n) is 15.9. The molecule has 1 aliphatic rings. The van der Waals surface area contributed by atoms with E-state index in [9.17, 15) is 0 Å². The van der Waals surface area contributed by atoms with Crippen LogP contribution in [0.4, 0.5) is 17.1 Å². The van der Waals surface area contributed by atoms with Crippen molar-refractivity contribution < 1.29 is 0 Å². The van der Waals surface area contributed by atoms with Crippen LogP contribution in [0, 0.1) is 0 Å². The molecular formula is C72H45N13. The first-order valence-electron chi connectivity index (χ1n) is 28.1. The molecule has 398 valence electrons. The number of fused-ring (bicyclic) bond motifs is 9. The molecule has 0 saturated carbocycles. The number of aromatic nitrogens is 12. The summed E-state index contributed by atoms with van der Waals surface area (Å²) in [5, 5.41) is 0. The van der Waals surface area contributed by atoms with Crippen LogP contribution in [-0.2, 0) is 0 Å². The molecule has 0 atom stereocenters. The molecule has 16 aromatic rings. The van der Waals surface area contributed by atoms with E-state index in [0.717, 1.165) is 129 Å². The Morgan fingerprint density at radius 3 is 1.02 bits per heavy atom. The normalized spacial score (nSPS) is 12.0. The van der Waals surface area contributed by atoms with Crippen molar-refractivity contribution in [1.82, 2.24) is 58.1 Å². The number of hydrogen-bond donors (Lipinski definition) is 0. The lowest BCUT2D eigenvalue weighted by Crippen LogP contribution is -2.13. The maximum atomic E-state index is 5.61. The fourth-order valence-electron chi connectivity index (χ4n) is 12.3. The second-order valence-electron chi connectivity index (χ2n) is 20.9. The number of pyridine rings is 4. The summed E-state index contributed by atoms with van der Waals surface area (Å²) in [5.74, 6) is 2.81. The Balaban J connectivity index is 1.06. The van der Waals surface area contributed by atoms with E-state index in [0.29, 0.717) is 23.3 Å². The first-order chi connectivity index (χ1) is 42.2. The zero-order valence-electron chi connectivity index (χ0n) is 45.3. The minimum Gasteiger partial charge on any atom is -0.309 e. The van der Waals surface area contributed by atoms with Crippen molar-refractivity contribution in [3.63, 3.8) is 0 Å². The molecule has 13 heteroatoms. The second-order valence-corrected chi connectivity index (χ2v) is 20.9. The lowest BCUT2D eigenvalue weighted by molar-refractivity contribution is 1.06. The van der Waals surface area contributed by atoms with Crippen molar-refractivity contribution in [2.45, 2.75) is 0 Å². The molecule has 0 spiro atoms. The van der Waals surface area contributed by atoms with E-state index in [1.54, 1.807) is 0 Å². The number of hydrogen-bond acceptors (Lipinski definition) is 9. The summed E-state index contributed by atoms with van der Waals surface area (Å²) in [6, 6.07) is 85.9. The molecule has 9 heterocycles. The Kier molecular flexibility index (Phi) is 10.9. The number of anilines is 3. The van der Waals surface area contributed by atoms with Crippen LogP contribution < -0.4 is 4.90 Å². The van der Waals surface area contributed by atoms with E-state index in [1.165, 1.54) is 0 Å². The van der Waals surface area contributed by atoms with Crippen LogP contribution in [0.25, 0.3) is 135 Å². The second kappa shape index (κ2) is 19.4. The van der Waals surface area contributed by atoms with Crippen molar-refractivity contribution in [3.8, 4) is 90.6 Å². The van der Waals surface area contributed by atoms with Crippen molar-refractivity contribution in [1.29, 1.82) is 0 Å². The maximum Gasteiger partial charge on any atom is 0.164 e. The molecule has 0 aliphatic carbocycles. The van der Waals surface area contributed by atoms with Gasteiger partial charge in [-0.1, -0.05) is 115 Å². The Bertz CT molecular complexity index is 5250. The quantitative estimate of drug-likeness (QED) is 0.139. The molecule has 0 fully saturated rings. The minimum atomic E-state index is 0.686. The third-order valence-corrected chi connectivity index (χ3v) is 15.9. The maximum absolute atomic E-state index is 5.61. The predicted octanol–water partition coefficient (Wildman–Crippen LogP) is 16.4. The van der Waals surface area contributed by atoms with Gasteiger partial charge >= 0.3 is 0 Å². The van der Waals surface area contributed by atoms with Crippen LogP contribution in [0.2, 0.25) is 0 Å². The van der Waals surface area contributed by atoms with Crippen LogP contribution in [0.1, 0.15) is 0 Å². The Labute approximate surface area is 486 Å². The van der Waals surface area contributed by atoms with Gasteiger partial charge < -0.3 is 4.90 Å². The standard InChI is InChI=1S/C72H45N13/c1-6-22-47(23-7-1)81-62-45-56(67-79-60-36-20-40-75-71(60)84(67)50-28-12-4-13-29-50)55(66-78-59-35-19-39-74-70(59)83(66)49-26-10-3-11-27-49)44-54(62)52-32-16-17-33-53(52)64-57(68-80-61-37-21-41-76-72(61)85(68)51-30-14-5-15-31-51)42-46(43-63(64)81)65-77-58-34-18-38-73-69(58)82(65)48-24-8-2-9-25-48/h1-45H. The fraction of sp³-hybridized carbons (Fsp3) is 0. The highest BCUT2D eigenvalue weighted by Gasteiger charge is 2.35. The number of imidazole rings is 4. The van der Waals surface area contributed by atoms with Gasteiger partial charge in [-0.25, -0.2) is 39.9 Å². The topological polar surface area (TPSA) is 126 Å². The van der Waals surface area contributed by atoms with E-state index >= 15 is 0 Å². The monoisotopic (exact) mass is 1090 g/mol. The van der Waals surface area contributed by atoms with E-state index < -0.39 is 0 Å². The largest absolute Gasteiger partial charge is 0.309 e. The highest BCUT2D eigenvalue weighted by molar-refractivity contribution is 6.10. The molecular weight excluding hydrogens is 1050 g/mol. The molecule has 8 aromatic heterocycles. The molecule has 85 heavy (non-hydrogen) atoms. The van der Waals surface area contributed by atoms with E-state index in [4.69, 9.17) is 39.9 Å². The van der Waals surface area contributed by atoms with Gasteiger partial charge in [0.1, 0.15) is 45.4 Å². The lowest BCUT2D eigenvalue weighted by atomic mass is 9.89. The first-order valence-corrected chi connectivity index (χ1v) is 28.1. The average Bonchev–Trinajstić information content (AvgIpc) is 1.78. The van der Waals surface area contributed by atoms with Gasteiger partial charge in [0, 0.05) is 86.6 Å². The van der Waals surface area contributed by atoms with Crippen molar-refractivity contribution >= 4 is 61.7 Å². The first kappa shape index (κ1) is 47.8. The summed E-state index contributed by atoms with van der Waals surface area (Å²) in [6.07, 6.45) is 7.32. The molecule has 0 unspecified atom stereocenters. The van der Waals surface area contributed by atoms with E-state index in [-0.39, 0.29) is 0 Å². The van der Waals surface area contributed by atoms with Gasteiger partial charge in [-0.2, -0.15) is 0 Å².